The van der Waals surface area contributed by atoms with E-state index in [4.69, 9.17) is 26.8 Å². The maximum absolute atomic E-state index is 13.4. The molecular weight excluding hydrogens is 273 g/mol. The van der Waals surface area contributed by atoms with Crippen LogP contribution in [0.5, 0.6) is 0 Å². The molecule has 19 heavy (non-hydrogen) atoms. The molecule has 2 N–H and O–H groups in total. The van der Waals surface area contributed by atoms with E-state index in [2.05, 4.69) is 4.98 Å². The van der Waals surface area contributed by atoms with Crippen LogP contribution in [0.3, 0.4) is 0 Å². The number of imidazole rings is 1. The second kappa shape index (κ2) is 4.96. The molecule has 7 heteroatoms. The lowest BCUT2D eigenvalue weighted by molar-refractivity contribution is -0.0930. The van der Waals surface area contributed by atoms with Crippen molar-refractivity contribution in [2.45, 2.75) is 12.6 Å². The zero-order valence-corrected chi connectivity index (χ0v) is 10.9. The maximum Gasteiger partial charge on any atom is 0.201 e. The Morgan fingerprint density at radius 2 is 2.32 bits per heavy atom. The standard InChI is InChI=1S/C12H13ClFN3O2/c13-8-3-11-10(4-9(8)14)16-12(15)17(11)5-7-6-18-1-2-19-7/h3-4,7H,1-2,5-6H2,(H2,15,16). The molecule has 0 aliphatic carbocycles. The summed E-state index contributed by atoms with van der Waals surface area (Å²) in [6.45, 7) is 2.18. The molecule has 0 bridgehead atoms. The SMILES string of the molecule is Nc1nc2cc(F)c(Cl)cc2n1CC1COCCO1. The Balaban J connectivity index is 1.97. The quantitative estimate of drug-likeness (QED) is 0.914. The van der Waals surface area contributed by atoms with Crippen molar-refractivity contribution in [2.24, 2.45) is 0 Å². The van der Waals surface area contributed by atoms with Crippen molar-refractivity contribution < 1.29 is 13.9 Å². The van der Waals surface area contributed by atoms with Gasteiger partial charge in [-0.05, 0) is 6.07 Å². The number of benzene rings is 1. The van der Waals surface area contributed by atoms with Gasteiger partial charge >= 0.3 is 0 Å². The number of nitrogens with zero attached hydrogens (tertiary/aromatic N) is 2. The summed E-state index contributed by atoms with van der Waals surface area (Å²) in [5.74, 6) is -0.193. The van der Waals surface area contributed by atoms with Crippen molar-refractivity contribution in [3.8, 4) is 0 Å². The Bertz CT molecular complexity index is 611. The Morgan fingerprint density at radius 1 is 1.47 bits per heavy atom. The van der Waals surface area contributed by atoms with Crippen LogP contribution in [0.25, 0.3) is 11.0 Å². The molecule has 0 radical (unpaired) electrons. The number of anilines is 1. The molecule has 3 rings (SSSR count). The smallest absolute Gasteiger partial charge is 0.201 e. The van der Waals surface area contributed by atoms with Crippen molar-refractivity contribution in [1.82, 2.24) is 9.55 Å². The molecule has 0 spiro atoms. The molecule has 0 saturated carbocycles. The number of nitrogen functional groups attached to an aromatic ring is 1. The number of rotatable bonds is 2. The van der Waals surface area contributed by atoms with Gasteiger partial charge in [0.05, 0.1) is 48.5 Å². The normalized spacial score (nSPS) is 20.0. The summed E-state index contributed by atoms with van der Waals surface area (Å²) in [6.07, 6.45) is -0.0859. The van der Waals surface area contributed by atoms with Crippen LogP contribution in [0.2, 0.25) is 5.02 Å². The van der Waals surface area contributed by atoms with Gasteiger partial charge in [-0.3, -0.25) is 0 Å². The molecule has 1 atom stereocenters. The van der Waals surface area contributed by atoms with E-state index >= 15 is 0 Å². The fraction of sp³-hybridized carbons (Fsp3) is 0.417. The summed E-state index contributed by atoms with van der Waals surface area (Å²) >= 11 is 5.80. The first-order valence-electron chi connectivity index (χ1n) is 5.95. The molecule has 0 amide bonds. The van der Waals surface area contributed by atoms with Crippen LogP contribution in [-0.2, 0) is 16.0 Å². The van der Waals surface area contributed by atoms with Gasteiger partial charge < -0.3 is 19.8 Å². The molecule has 1 fully saturated rings. The number of nitrogens with two attached hydrogens (primary N) is 1. The van der Waals surface area contributed by atoms with Gasteiger partial charge in [0.2, 0.25) is 5.95 Å². The molecular formula is C12H13ClFN3O2. The van der Waals surface area contributed by atoms with E-state index in [9.17, 15) is 4.39 Å². The topological polar surface area (TPSA) is 62.3 Å². The first-order valence-corrected chi connectivity index (χ1v) is 6.33. The summed E-state index contributed by atoms with van der Waals surface area (Å²) in [7, 11) is 0. The van der Waals surface area contributed by atoms with Gasteiger partial charge in [-0.15, -0.1) is 0 Å². The third-order valence-electron chi connectivity index (χ3n) is 3.09. The first-order chi connectivity index (χ1) is 9.15. The predicted octanol–water partition coefficient (Wildman–Crippen LogP) is 1.83. The van der Waals surface area contributed by atoms with Crippen LogP contribution in [0.4, 0.5) is 10.3 Å². The number of ether oxygens (including phenoxy) is 2. The van der Waals surface area contributed by atoms with Gasteiger partial charge in [0.1, 0.15) is 5.82 Å². The lowest BCUT2D eigenvalue weighted by Crippen LogP contribution is -2.32. The monoisotopic (exact) mass is 285 g/mol. The summed E-state index contributed by atoms with van der Waals surface area (Å²) in [5, 5.41) is 0.0504. The average molecular weight is 286 g/mol. The molecule has 2 heterocycles. The van der Waals surface area contributed by atoms with Crippen molar-refractivity contribution in [2.75, 3.05) is 25.6 Å². The van der Waals surface area contributed by atoms with Gasteiger partial charge in [-0.1, -0.05) is 11.6 Å². The van der Waals surface area contributed by atoms with Crippen LogP contribution >= 0.6 is 11.6 Å². The largest absolute Gasteiger partial charge is 0.376 e. The highest BCUT2D eigenvalue weighted by molar-refractivity contribution is 6.31. The maximum atomic E-state index is 13.4. The van der Waals surface area contributed by atoms with Crippen molar-refractivity contribution in [3.63, 3.8) is 0 Å². The van der Waals surface area contributed by atoms with E-state index in [0.717, 1.165) is 0 Å². The summed E-state index contributed by atoms with van der Waals surface area (Å²) < 4.78 is 26.1. The molecule has 1 unspecified atom stereocenters. The van der Waals surface area contributed by atoms with E-state index in [1.807, 2.05) is 0 Å². The highest BCUT2D eigenvalue weighted by Crippen LogP contribution is 2.25. The third kappa shape index (κ3) is 2.39. The fourth-order valence-electron chi connectivity index (χ4n) is 2.18. The van der Waals surface area contributed by atoms with E-state index in [1.165, 1.54) is 12.1 Å². The van der Waals surface area contributed by atoms with Gasteiger partial charge in [0.15, 0.2) is 0 Å². The average Bonchev–Trinajstić information content (AvgIpc) is 2.68. The molecule has 1 aliphatic heterocycles. The fourth-order valence-corrected chi connectivity index (χ4v) is 2.33. The molecule has 1 aromatic carbocycles. The zero-order chi connectivity index (χ0) is 13.4. The van der Waals surface area contributed by atoms with Crippen LogP contribution in [0, 0.1) is 5.82 Å². The number of hydrogen-bond donors (Lipinski definition) is 1. The van der Waals surface area contributed by atoms with Crippen LogP contribution < -0.4 is 5.73 Å². The highest BCUT2D eigenvalue weighted by Gasteiger charge is 2.19. The number of halogens is 2. The molecule has 1 aliphatic rings. The summed E-state index contributed by atoms with van der Waals surface area (Å²) in [6, 6.07) is 2.81. The van der Waals surface area contributed by atoms with E-state index in [1.54, 1.807) is 4.57 Å². The molecule has 102 valence electrons. The number of fused-ring (bicyclic) bond motifs is 1. The second-order valence-electron chi connectivity index (χ2n) is 4.40. The first kappa shape index (κ1) is 12.7. The predicted molar refractivity (Wildman–Crippen MR) is 69.7 cm³/mol. The van der Waals surface area contributed by atoms with Gasteiger partial charge in [0.25, 0.3) is 0 Å². The lowest BCUT2D eigenvalue weighted by atomic mass is 10.3. The number of hydrogen-bond acceptors (Lipinski definition) is 4. The Labute approximate surface area is 114 Å². The molecule has 2 aromatic rings. The van der Waals surface area contributed by atoms with Crippen LogP contribution in [0.15, 0.2) is 12.1 Å². The minimum Gasteiger partial charge on any atom is -0.376 e. The number of aromatic nitrogens is 2. The second-order valence-corrected chi connectivity index (χ2v) is 4.81. The van der Waals surface area contributed by atoms with Crippen molar-refractivity contribution >= 4 is 28.6 Å². The van der Waals surface area contributed by atoms with E-state index in [0.29, 0.717) is 43.3 Å². The van der Waals surface area contributed by atoms with Crippen LogP contribution in [-0.4, -0.2) is 35.5 Å². The van der Waals surface area contributed by atoms with Crippen LogP contribution in [0.1, 0.15) is 0 Å². The van der Waals surface area contributed by atoms with E-state index in [-0.39, 0.29) is 11.1 Å². The highest BCUT2D eigenvalue weighted by atomic mass is 35.5. The summed E-state index contributed by atoms with van der Waals surface area (Å²) in [5.41, 5.74) is 7.04. The minimum atomic E-state index is -0.504. The Kier molecular flexibility index (Phi) is 3.30. The Hall–Kier alpha value is -1.37. The molecule has 1 aromatic heterocycles. The zero-order valence-electron chi connectivity index (χ0n) is 10.1. The lowest BCUT2D eigenvalue weighted by Gasteiger charge is -2.23. The van der Waals surface area contributed by atoms with Crippen molar-refractivity contribution in [3.05, 3.63) is 23.0 Å². The van der Waals surface area contributed by atoms with E-state index < -0.39 is 5.82 Å². The van der Waals surface area contributed by atoms with Gasteiger partial charge in [-0.25, -0.2) is 9.37 Å². The van der Waals surface area contributed by atoms with Crippen molar-refractivity contribution in [1.29, 1.82) is 0 Å². The summed E-state index contributed by atoms with van der Waals surface area (Å²) in [4.78, 5) is 4.13. The Morgan fingerprint density at radius 3 is 3.05 bits per heavy atom. The molecule has 1 saturated heterocycles. The van der Waals surface area contributed by atoms with Gasteiger partial charge in [0, 0.05) is 6.07 Å². The van der Waals surface area contributed by atoms with Gasteiger partial charge in [-0.2, -0.15) is 0 Å². The molecule has 5 nitrogen and oxygen atoms in total. The third-order valence-corrected chi connectivity index (χ3v) is 3.38. The minimum absolute atomic E-state index is 0.0504.